The maximum Gasteiger partial charge on any atom is 0.0187 e. The van der Waals surface area contributed by atoms with E-state index in [1.54, 1.807) is 0 Å². The average Bonchev–Trinajstić information content (AvgIpc) is 2.28. The molecule has 0 bridgehead atoms. The van der Waals surface area contributed by atoms with Crippen molar-refractivity contribution >= 4 is 0 Å². The van der Waals surface area contributed by atoms with E-state index in [1.165, 1.54) is 51.7 Å². The predicted octanol–water partition coefficient (Wildman–Crippen LogP) is 1.65. The predicted molar refractivity (Wildman–Crippen MR) is 77.9 cm³/mol. The Bertz CT molecular complexity index is 252. The molecule has 1 heterocycles. The van der Waals surface area contributed by atoms with Gasteiger partial charge in [0, 0.05) is 12.6 Å². The van der Waals surface area contributed by atoms with Crippen LogP contribution in [0.3, 0.4) is 0 Å². The van der Waals surface area contributed by atoms with Crippen molar-refractivity contribution in [2.24, 2.45) is 11.3 Å². The molecule has 0 radical (unpaired) electrons. The number of piperidine rings is 1. The number of hydrogen-bond donors (Lipinski definition) is 1. The van der Waals surface area contributed by atoms with Crippen molar-refractivity contribution in [3.63, 3.8) is 0 Å². The standard InChI is InChI=1S/C15H31N3/c1-16-12-15(8-5-9-15)14(17(2)3)13-6-10-18(4)11-7-13/h13-14,16H,5-12H2,1-4H3. The first kappa shape index (κ1) is 14.3. The van der Waals surface area contributed by atoms with Gasteiger partial charge in [0.25, 0.3) is 0 Å². The van der Waals surface area contributed by atoms with Crippen molar-refractivity contribution in [3.8, 4) is 0 Å². The molecule has 2 fully saturated rings. The highest BCUT2D eigenvalue weighted by Crippen LogP contribution is 2.48. The molecule has 1 aliphatic heterocycles. The number of nitrogens with zero attached hydrogens (tertiary/aromatic N) is 2. The van der Waals surface area contributed by atoms with Gasteiger partial charge in [-0.2, -0.15) is 0 Å². The van der Waals surface area contributed by atoms with E-state index in [1.807, 2.05) is 0 Å². The van der Waals surface area contributed by atoms with Crippen LogP contribution < -0.4 is 5.32 Å². The number of nitrogens with one attached hydrogen (secondary N) is 1. The minimum Gasteiger partial charge on any atom is -0.319 e. The van der Waals surface area contributed by atoms with Crippen molar-refractivity contribution in [1.82, 2.24) is 15.1 Å². The molecule has 3 nitrogen and oxygen atoms in total. The Balaban J connectivity index is 2.07. The molecule has 1 N–H and O–H groups in total. The third-order valence-electron chi connectivity index (χ3n) is 5.27. The summed E-state index contributed by atoms with van der Waals surface area (Å²) in [4.78, 5) is 5.00. The summed E-state index contributed by atoms with van der Waals surface area (Å²) in [6.07, 6.45) is 7.03. The van der Waals surface area contributed by atoms with Crippen LogP contribution in [0.15, 0.2) is 0 Å². The summed E-state index contributed by atoms with van der Waals surface area (Å²) in [6.45, 7) is 3.76. The first-order valence-electron chi connectivity index (χ1n) is 7.59. The Morgan fingerprint density at radius 1 is 1.28 bits per heavy atom. The van der Waals surface area contributed by atoms with Gasteiger partial charge in [0.1, 0.15) is 0 Å². The molecule has 3 heteroatoms. The lowest BCUT2D eigenvalue weighted by atomic mass is 9.59. The smallest absolute Gasteiger partial charge is 0.0187 e. The fourth-order valence-electron chi connectivity index (χ4n) is 4.37. The van der Waals surface area contributed by atoms with Crippen LogP contribution in [0.5, 0.6) is 0 Å². The summed E-state index contributed by atoms with van der Waals surface area (Å²) in [5.74, 6) is 0.893. The summed E-state index contributed by atoms with van der Waals surface area (Å²) in [7, 11) is 8.95. The highest BCUT2D eigenvalue weighted by atomic mass is 15.1. The summed E-state index contributed by atoms with van der Waals surface area (Å²) >= 11 is 0. The van der Waals surface area contributed by atoms with Crippen LogP contribution in [-0.4, -0.2) is 63.7 Å². The van der Waals surface area contributed by atoms with E-state index in [2.05, 4.69) is 43.3 Å². The molecule has 0 aromatic rings. The van der Waals surface area contributed by atoms with E-state index in [0.717, 1.165) is 12.0 Å². The lowest BCUT2D eigenvalue weighted by molar-refractivity contribution is -0.0256. The molecule has 106 valence electrons. The van der Waals surface area contributed by atoms with E-state index in [9.17, 15) is 0 Å². The largest absolute Gasteiger partial charge is 0.319 e. The fraction of sp³-hybridized carbons (Fsp3) is 1.00. The van der Waals surface area contributed by atoms with Gasteiger partial charge in [-0.15, -0.1) is 0 Å². The molecular weight excluding hydrogens is 222 g/mol. The van der Waals surface area contributed by atoms with E-state index >= 15 is 0 Å². The van der Waals surface area contributed by atoms with Crippen molar-refractivity contribution in [2.45, 2.75) is 38.1 Å². The Hall–Kier alpha value is -0.120. The first-order valence-corrected chi connectivity index (χ1v) is 7.59. The lowest BCUT2D eigenvalue weighted by Gasteiger charge is -2.54. The summed E-state index contributed by atoms with van der Waals surface area (Å²) in [6, 6.07) is 0.771. The Morgan fingerprint density at radius 3 is 2.28 bits per heavy atom. The summed E-state index contributed by atoms with van der Waals surface area (Å²) < 4.78 is 0. The third kappa shape index (κ3) is 2.73. The fourth-order valence-corrected chi connectivity index (χ4v) is 4.37. The van der Waals surface area contributed by atoms with Crippen LogP contribution in [0.2, 0.25) is 0 Å². The first-order chi connectivity index (χ1) is 8.59. The molecule has 1 unspecified atom stereocenters. The molecule has 2 rings (SSSR count). The lowest BCUT2D eigenvalue weighted by Crippen LogP contribution is -2.58. The zero-order valence-corrected chi connectivity index (χ0v) is 12.7. The van der Waals surface area contributed by atoms with Gasteiger partial charge >= 0.3 is 0 Å². The highest BCUT2D eigenvalue weighted by molar-refractivity contribution is 5.02. The van der Waals surface area contributed by atoms with E-state index < -0.39 is 0 Å². The molecule has 1 atom stereocenters. The van der Waals surface area contributed by atoms with Gasteiger partial charge in [-0.05, 0) is 78.3 Å². The molecule has 1 saturated carbocycles. The molecule has 1 aliphatic carbocycles. The van der Waals surface area contributed by atoms with Crippen LogP contribution in [-0.2, 0) is 0 Å². The maximum absolute atomic E-state index is 3.46. The monoisotopic (exact) mass is 253 g/mol. The molecule has 1 saturated heterocycles. The van der Waals surface area contributed by atoms with E-state index in [-0.39, 0.29) is 0 Å². The van der Waals surface area contributed by atoms with Crippen LogP contribution in [0.1, 0.15) is 32.1 Å². The van der Waals surface area contributed by atoms with E-state index in [4.69, 9.17) is 0 Å². The highest BCUT2D eigenvalue weighted by Gasteiger charge is 2.47. The number of likely N-dealkylation sites (tertiary alicyclic amines) is 1. The van der Waals surface area contributed by atoms with Crippen LogP contribution in [0, 0.1) is 11.3 Å². The van der Waals surface area contributed by atoms with Gasteiger partial charge < -0.3 is 15.1 Å². The Morgan fingerprint density at radius 2 is 1.89 bits per heavy atom. The van der Waals surface area contributed by atoms with Gasteiger partial charge in [-0.1, -0.05) is 6.42 Å². The number of hydrogen-bond acceptors (Lipinski definition) is 3. The molecule has 0 spiro atoms. The van der Waals surface area contributed by atoms with Gasteiger partial charge in [-0.3, -0.25) is 0 Å². The minimum absolute atomic E-state index is 0.554. The Kier molecular flexibility index (Phi) is 4.68. The third-order valence-corrected chi connectivity index (χ3v) is 5.27. The number of rotatable bonds is 5. The summed E-state index contributed by atoms with van der Waals surface area (Å²) in [5, 5.41) is 3.46. The van der Waals surface area contributed by atoms with Crippen LogP contribution >= 0.6 is 0 Å². The molecule has 18 heavy (non-hydrogen) atoms. The van der Waals surface area contributed by atoms with Crippen molar-refractivity contribution in [3.05, 3.63) is 0 Å². The summed E-state index contributed by atoms with van der Waals surface area (Å²) in [5.41, 5.74) is 0.554. The normalized spacial score (nSPS) is 27.2. The molecule has 0 aromatic carbocycles. The van der Waals surface area contributed by atoms with Gasteiger partial charge in [0.2, 0.25) is 0 Å². The molecule has 0 aromatic heterocycles. The van der Waals surface area contributed by atoms with Crippen molar-refractivity contribution in [2.75, 3.05) is 47.8 Å². The molecular formula is C15H31N3. The topological polar surface area (TPSA) is 18.5 Å². The molecule has 0 amide bonds. The maximum atomic E-state index is 3.46. The second-order valence-corrected chi connectivity index (χ2v) is 6.80. The van der Waals surface area contributed by atoms with E-state index in [0.29, 0.717) is 5.41 Å². The quantitative estimate of drug-likeness (QED) is 0.804. The van der Waals surface area contributed by atoms with Crippen LogP contribution in [0.4, 0.5) is 0 Å². The second-order valence-electron chi connectivity index (χ2n) is 6.80. The average molecular weight is 253 g/mol. The zero-order valence-electron chi connectivity index (χ0n) is 12.7. The van der Waals surface area contributed by atoms with Gasteiger partial charge in [0.05, 0.1) is 0 Å². The van der Waals surface area contributed by atoms with Gasteiger partial charge in [-0.25, -0.2) is 0 Å². The van der Waals surface area contributed by atoms with Crippen molar-refractivity contribution in [1.29, 1.82) is 0 Å². The Labute approximate surface area is 113 Å². The van der Waals surface area contributed by atoms with Crippen LogP contribution in [0.25, 0.3) is 0 Å². The SMILES string of the molecule is CNCC1(C(C2CCN(C)CC2)N(C)C)CCC1. The van der Waals surface area contributed by atoms with Crippen molar-refractivity contribution < 1.29 is 0 Å². The second kappa shape index (κ2) is 5.89. The minimum atomic E-state index is 0.554. The zero-order chi connectivity index (χ0) is 13.2. The van der Waals surface area contributed by atoms with Gasteiger partial charge in [0.15, 0.2) is 0 Å². The molecule has 2 aliphatic rings.